The van der Waals surface area contributed by atoms with Crippen molar-refractivity contribution in [2.24, 2.45) is 0 Å². The molecule has 14 heavy (non-hydrogen) atoms. The van der Waals surface area contributed by atoms with Crippen LogP contribution in [0.15, 0.2) is 15.9 Å². The van der Waals surface area contributed by atoms with Gasteiger partial charge in [0.1, 0.15) is 0 Å². The molecule has 0 bridgehead atoms. The minimum Gasteiger partial charge on any atom is -0.316 e. The van der Waals surface area contributed by atoms with Crippen molar-refractivity contribution >= 4 is 34.5 Å². The van der Waals surface area contributed by atoms with Gasteiger partial charge in [-0.25, -0.2) is 4.98 Å². The topological polar surface area (TPSA) is 42.0 Å². The maximum atomic E-state index is 11.9. The zero-order valence-corrected chi connectivity index (χ0v) is 10.1. The molecule has 2 heterocycles. The van der Waals surface area contributed by atoms with Gasteiger partial charge in [-0.1, -0.05) is 0 Å². The highest BCUT2D eigenvalue weighted by atomic mass is 35.5. The number of piperidine rings is 1. The third-order valence-corrected chi connectivity index (χ3v) is 4.94. The van der Waals surface area contributed by atoms with E-state index in [-0.39, 0.29) is 17.7 Å². The van der Waals surface area contributed by atoms with E-state index in [1.165, 1.54) is 11.3 Å². The zero-order valence-electron chi connectivity index (χ0n) is 7.64. The number of rotatable bonds is 2. The molecule has 6 heteroatoms. The average molecular weight is 253 g/mol. The molecular weight excluding hydrogens is 240 g/mol. The third-order valence-electron chi connectivity index (χ3n) is 2.14. The van der Waals surface area contributed by atoms with Gasteiger partial charge in [0.05, 0.1) is 16.0 Å². The number of hydrogen-bond donors (Lipinski definition) is 1. The second kappa shape index (κ2) is 5.80. The van der Waals surface area contributed by atoms with Gasteiger partial charge in [0, 0.05) is 18.1 Å². The third kappa shape index (κ3) is 2.76. The van der Waals surface area contributed by atoms with E-state index in [0.29, 0.717) is 0 Å². The van der Waals surface area contributed by atoms with E-state index in [4.69, 9.17) is 0 Å². The summed E-state index contributed by atoms with van der Waals surface area (Å²) in [6, 6.07) is 0. The minimum atomic E-state index is -0.894. The number of nitrogens with zero attached hydrogens (tertiary/aromatic N) is 1. The first-order valence-electron chi connectivity index (χ1n) is 4.39. The van der Waals surface area contributed by atoms with Crippen LogP contribution < -0.4 is 5.32 Å². The summed E-state index contributed by atoms with van der Waals surface area (Å²) in [5.41, 5.74) is 0. The van der Waals surface area contributed by atoms with Gasteiger partial charge < -0.3 is 5.32 Å². The molecule has 2 unspecified atom stereocenters. The molecule has 0 saturated carbocycles. The molecule has 1 aliphatic rings. The molecule has 3 nitrogen and oxygen atoms in total. The Morgan fingerprint density at radius 3 is 3.07 bits per heavy atom. The molecule has 1 saturated heterocycles. The second-order valence-electron chi connectivity index (χ2n) is 3.06. The summed E-state index contributed by atoms with van der Waals surface area (Å²) in [5.74, 6) is 0. The summed E-state index contributed by atoms with van der Waals surface area (Å²) in [4.78, 5) is 4.08. The Hall–Kier alpha value is 0.0300. The van der Waals surface area contributed by atoms with Crippen molar-refractivity contribution < 1.29 is 4.21 Å². The van der Waals surface area contributed by atoms with E-state index >= 15 is 0 Å². The lowest BCUT2D eigenvalue weighted by Crippen LogP contribution is -2.36. The summed E-state index contributed by atoms with van der Waals surface area (Å²) in [6.07, 6.45) is 3.90. The highest BCUT2D eigenvalue weighted by molar-refractivity contribution is 7.87. The van der Waals surface area contributed by atoms with Gasteiger partial charge in [-0.3, -0.25) is 4.21 Å². The van der Waals surface area contributed by atoms with Crippen molar-refractivity contribution in [2.45, 2.75) is 22.4 Å². The lowest BCUT2D eigenvalue weighted by Gasteiger charge is -2.20. The number of aromatic nitrogens is 1. The second-order valence-corrected chi connectivity index (χ2v) is 5.86. The normalized spacial score (nSPS) is 23.9. The summed E-state index contributed by atoms with van der Waals surface area (Å²) in [6.45, 7) is 1.93. The van der Waals surface area contributed by atoms with Crippen LogP contribution in [0.25, 0.3) is 0 Å². The molecule has 1 aliphatic heterocycles. The SMILES string of the molecule is Cl.O=S(c1nccs1)C1CCCNC1. The Bertz CT molecular complexity index is 286. The molecule has 0 spiro atoms. The molecule has 1 fully saturated rings. The standard InChI is InChI=1S/C8H12N2OS2.ClH/c11-13(8-10-4-5-12-8)7-2-1-3-9-6-7;/h4-5,7,9H,1-3,6H2;1H. The van der Waals surface area contributed by atoms with Crippen LogP contribution in [0.3, 0.4) is 0 Å². The van der Waals surface area contributed by atoms with E-state index in [0.717, 1.165) is 30.3 Å². The Morgan fingerprint density at radius 2 is 2.50 bits per heavy atom. The molecule has 80 valence electrons. The number of thiazole rings is 1. The van der Waals surface area contributed by atoms with Crippen LogP contribution in [0, 0.1) is 0 Å². The highest BCUT2D eigenvalue weighted by Crippen LogP contribution is 2.18. The largest absolute Gasteiger partial charge is 0.316 e. The summed E-state index contributed by atoms with van der Waals surface area (Å²) in [7, 11) is -0.894. The smallest absolute Gasteiger partial charge is 0.180 e. The first-order chi connectivity index (χ1) is 6.38. The van der Waals surface area contributed by atoms with Crippen molar-refractivity contribution in [1.82, 2.24) is 10.3 Å². The molecule has 2 rings (SSSR count). The van der Waals surface area contributed by atoms with Gasteiger partial charge in [-0.05, 0) is 19.4 Å². The summed E-state index contributed by atoms with van der Waals surface area (Å²) < 4.78 is 12.7. The van der Waals surface area contributed by atoms with Gasteiger partial charge >= 0.3 is 0 Å². The minimum absolute atomic E-state index is 0. The summed E-state index contributed by atoms with van der Waals surface area (Å²) >= 11 is 1.49. The van der Waals surface area contributed by atoms with Crippen molar-refractivity contribution in [3.8, 4) is 0 Å². The van der Waals surface area contributed by atoms with Crippen LogP contribution in [0.5, 0.6) is 0 Å². The zero-order chi connectivity index (χ0) is 9.10. The molecule has 0 aromatic carbocycles. The lowest BCUT2D eigenvalue weighted by atomic mass is 10.2. The van der Waals surface area contributed by atoms with Crippen molar-refractivity contribution in [3.05, 3.63) is 11.6 Å². The predicted molar refractivity (Wildman–Crippen MR) is 61.7 cm³/mol. The van der Waals surface area contributed by atoms with E-state index < -0.39 is 10.8 Å². The summed E-state index contributed by atoms with van der Waals surface area (Å²) in [5, 5.41) is 5.40. The van der Waals surface area contributed by atoms with E-state index in [1.54, 1.807) is 6.20 Å². The highest BCUT2D eigenvalue weighted by Gasteiger charge is 2.22. The van der Waals surface area contributed by atoms with Crippen molar-refractivity contribution in [2.75, 3.05) is 13.1 Å². The van der Waals surface area contributed by atoms with Crippen molar-refractivity contribution in [1.29, 1.82) is 0 Å². The van der Waals surface area contributed by atoms with E-state index in [1.807, 2.05) is 5.38 Å². The molecular formula is C8H13ClN2OS2. The first-order valence-corrected chi connectivity index (χ1v) is 6.48. The van der Waals surface area contributed by atoms with Gasteiger partial charge in [0.25, 0.3) is 0 Å². The van der Waals surface area contributed by atoms with E-state index in [2.05, 4.69) is 10.3 Å². The first kappa shape index (κ1) is 12.1. The Labute approximate surface area is 96.2 Å². The van der Waals surface area contributed by atoms with Crippen LogP contribution in [0.4, 0.5) is 0 Å². The molecule has 1 aromatic rings. The molecule has 0 amide bonds. The molecule has 0 aliphatic carbocycles. The fraction of sp³-hybridized carbons (Fsp3) is 0.625. The lowest BCUT2D eigenvalue weighted by molar-refractivity contribution is 0.519. The molecule has 0 radical (unpaired) electrons. The fourth-order valence-corrected chi connectivity index (χ4v) is 3.87. The monoisotopic (exact) mass is 252 g/mol. The van der Waals surface area contributed by atoms with Crippen LogP contribution in [0.2, 0.25) is 0 Å². The Kier molecular flexibility index (Phi) is 5.01. The van der Waals surface area contributed by atoms with Gasteiger partial charge in [0.15, 0.2) is 4.34 Å². The fourth-order valence-electron chi connectivity index (χ4n) is 1.45. The Morgan fingerprint density at radius 1 is 1.64 bits per heavy atom. The van der Waals surface area contributed by atoms with Crippen LogP contribution in [0.1, 0.15) is 12.8 Å². The van der Waals surface area contributed by atoms with Gasteiger partial charge in [0.2, 0.25) is 0 Å². The molecule has 1 aromatic heterocycles. The maximum absolute atomic E-state index is 11.9. The van der Waals surface area contributed by atoms with Crippen LogP contribution >= 0.6 is 23.7 Å². The number of nitrogens with one attached hydrogen (secondary N) is 1. The predicted octanol–water partition coefficient (Wildman–Crippen LogP) is 1.42. The number of halogens is 1. The van der Waals surface area contributed by atoms with Crippen LogP contribution in [-0.2, 0) is 10.8 Å². The quantitative estimate of drug-likeness (QED) is 0.866. The van der Waals surface area contributed by atoms with E-state index in [9.17, 15) is 4.21 Å². The Balaban J connectivity index is 0.000000980. The van der Waals surface area contributed by atoms with Gasteiger partial charge in [-0.15, -0.1) is 23.7 Å². The van der Waals surface area contributed by atoms with Gasteiger partial charge in [-0.2, -0.15) is 0 Å². The molecule has 1 N–H and O–H groups in total. The maximum Gasteiger partial charge on any atom is 0.180 e. The van der Waals surface area contributed by atoms with Crippen LogP contribution in [-0.4, -0.2) is 27.5 Å². The van der Waals surface area contributed by atoms with Crippen molar-refractivity contribution in [3.63, 3.8) is 0 Å². The average Bonchev–Trinajstić information content (AvgIpc) is 2.71. The molecule has 2 atom stereocenters. The number of hydrogen-bond acceptors (Lipinski definition) is 4.